The van der Waals surface area contributed by atoms with E-state index in [2.05, 4.69) is 4.98 Å². The molecular weight excluding hydrogens is 234 g/mol. The summed E-state index contributed by atoms with van der Waals surface area (Å²) in [6.07, 6.45) is -2.52. The van der Waals surface area contributed by atoms with E-state index in [4.69, 9.17) is 4.74 Å². The Morgan fingerprint density at radius 1 is 1.33 bits per heavy atom. The number of pyridine rings is 1. The highest BCUT2D eigenvalue weighted by Gasteiger charge is 2.22. The van der Waals surface area contributed by atoms with E-state index in [9.17, 15) is 15.0 Å². The molecule has 0 radical (unpaired) electrons. The molecule has 0 spiro atoms. The number of hydrogen-bond donors (Lipinski definition) is 2. The van der Waals surface area contributed by atoms with Crippen LogP contribution in [-0.2, 0) is 9.53 Å². The molecule has 18 heavy (non-hydrogen) atoms. The van der Waals surface area contributed by atoms with Gasteiger partial charge in [0.25, 0.3) is 0 Å². The van der Waals surface area contributed by atoms with E-state index in [-0.39, 0.29) is 13.0 Å². The molecule has 5 nitrogen and oxygen atoms in total. The van der Waals surface area contributed by atoms with E-state index in [0.29, 0.717) is 5.56 Å². The molecule has 1 rings (SSSR count). The standard InChI is InChI=1S/C13H19NO4/c1-4-18-12(16)7-11(15)13(17)10-5-8(2)14-9(3)6-10/h5-6,11,13,15,17H,4,7H2,1-3H3. The van der Waals surface area contributed by atoms with Gasteiger partial charge in [-0.25, -0.2) is 0 Å². The van der Waals surface area contributed by atoms with Gasteiger partial charge in [0.05, 0.1) is 19.1 Å². The second-order valence-corrected chi connectivity index (χ2v) is 4.20. The molecule has 0 aliphatic carbocycles. The molecule has 0 amide bonds. The normalized spacial score (nSPS) is 14.1. The lowest BCUT2D eigenvalue weighted by Gasteiger charge is -2.18. The van der Waals surface area contributed by atoms with Gasteiger partial charge in [-0.15, -0.1) is 0 Å². The SMILES string of the molecule is CCOC(=O)CC(O)C(O)c1cc(C)nc(C)c1. The van der Waals surface area contributed by atoms with Gasteiger partial charge < -0.3 is 14.9 Å². The summed E-state index contributed by atoms with van der Waals surface area (Å²) in [6, 6.07) is 3.37. The second-order valence-electron chi connectivity index (χ2n) is 4.20. The van der Waals surface area contributed by atoms with Crippen LogP contribution in [0.5, 0.6) is 0 Å². The molecule has 0 saturated heterocycles. The van der Waals surface area contributed by atoms with Gasteiger partial charge in [-0.1, -0.05) is 0 Å². The first-order valence-corrected chi connectivity index (χ1v) is 5.91. The van der Waals surface area contributed by atoms with Crippen molar-refractivity contribution in [3.63, 3.8) is 0 Å². The second kappa shape index (κ2) is 6.47. The molecule has 0 aliphatic heterocycles. The number of esters is 1. The Kier molecular flexibility index (Phi) is 5.25. The van der Waals surface area contributed by atoms with Crippen molar-refractivity contribution in [1.29, 1.82) is 0 Å². The molecule has 0 aliphatic rings. The monoisotopic (exact) mass is 253 g/mol. The Hall–Kier alpha value is -1.46. The van der Waals surface area contributed by atoms with Gasteiger partial charge in [0.15, 0.2) is 0 Å². The van der Waals surface area contributed by atoms with Crippen molar-refractivity contribution in [1.82, 2.24) is 4.98 Å². The van der Waals surface area contributed by atoms with Gasteiger partial charge in [0.2, 0.25) is 0 Å². The Balaban J connectivity index is 2.73. The number of aliphatic hydroxyl groups excluding tert-OH is 2. The number of hydrogen-bond acceptors (Lipinski definition) is 5. The summed E-state index contributed by atoms with van der Waals surface area (Å²) in [6.45, 7) is 5.56. The average Bonchev–Trinajstić information content (AvgIpc) is 2.26. The quantitative estimate of drug-likeness (QED) is 0.767. The molecule has 1 aromatic rings. The lowest BCUT2D eigenvalue weighted by Crippen LogP contribution is -2.23. The third kappa shape index (κ3) is 4.09. The zero-order chi connectivity index (χ0) is 13.7. The molecule has 0 saturated carbocycles. The van der Waals surface area contributed by atoms with Crippen molar-refractivity contribution in [2.75, 3.05) is 6.61 Å². The molecule has 0 fully saturated rings. The maximum absolute atomic E-state index is 11.2. The Morgan fingerprint density at radius 3 is 2.39 bits per heavy atom. The average molecular weight is 253 g/mol. The highest BCUT2D eigenvalue weighted by Crippen LogP contribution is 2.20. The van der Waals surface area contributed by atoms with E-state index < -0.39 is 18.2 Å². The molecule has 2 unspecified atom stereocenters. The van der Waals surface area contributed by atoms with E-state index in [1.165, 1.54) is 0 Å². The first-order valence-electron chi connectivity index (χ1n) is 5.91. The summed E-state index contributed by atoms with van der Waals surface area (Å²) >= 11 is 0. The highest BCUT2D eigenvalue weighted by molar-refractivity contribution is 5.70. The molecule has 0 bridgehead atoms. The van der Waals surface area contributed by atoms with Crippen LogP contribution >= 0.6 is 0 Å². The predicted molar refractivity (Wildman–Crippen MR) is 65.9 cm³/mol. The van der Waals surface area contributed by atoms with Crippen LogP contribution in [0.4, 0.5) is 0 Å². The van der Waals surface area contributed by atoms with Crippen LogP contribution in [-0.4, -0.2) is 33.9 Å². The van der Waals surface area contributed by atoms with E-state index in [1.807, 2.05) is 0 Å². The van der Waals surface area contributed by atoms with Crippen LogP contribution in [0.25, 0.3) is 0 Å². The van der Waals surface area contributed by atoms with Crippen molar-refractivity contribution in [2.24, 2.45) is 0 Å². The van der Waals surface area contributed by atoms with Gasteiger partial charge in [-0.3, -0.25) is 9.78 Å². The smallest absolute Gasteiger partial charge is 0.308 e. The molecule has 100 valence electrons. The topological polar surface area (TPSA) is 79.7 Å². The van der Waals surface area contributed by atoms with E-state index >= 15 is 0 Å². The molecule has 2 atom stereocenters. The summed E-state index contributed by atoms with van der Waals surface area (Å²) < 4.78 is 4.72. The largest absolute Gasteiger partial charge is 0.466 e. The van der Waals surface area contributed by atoms with Crippen molar-refractivity contribution in [2.45, 2.75) is 39.4 Å². The zero-order valence-corrected chi connectivity index (χ0v) is 10.9. The van der Waals surface area contributed by atoms with Crippen molar-refractivity contribution >= 4 is 5.97 Å². The fourth-order valence-electron chi connectivity index (χ4n) is 1.76. The van der Waals surface area contributed by atoms with Crippen LogP contribution in [0.15, 0.2) is 12.1 Å². The number of aryl methyl sites for hydroxylation is 2. The number of aliphatic hydroxyl groups is 2. The minimum absolute atomic E-state index is 0.227. The molecule has 5 heteroatoms. The third-order valence-corrected chi connectivity index (χ3v) is 2.49. The fourth-order valence-corrected chi connectivity index (χ4v) is 1.76. The van der Waals surface area contributed by atoms with Gasteiger partial charge in [-0.05, 0) is 38.5 Å². The number of rotatable bonds is 5. The summed E-state index contributed by atoms with van der Waals surface area (Å²) in [5, 5.41) is 19.7. The number of ether oxygens (including phenoxy) is 1. The molecule has 1 heterocycles. The maximum atomic E-state index is 11.2. The van der Waals surface area contributed by atoms with Crippen molar-refractivity contribution < 1.29 is 19.7 Å². The van der Waals surface area contributed by atoms with Gasteiger partial charge >= 0.3 is 5.97 Å². The minimum Gasteiger partial charge on any atom is -0.466 e. The third-order valence-electron chi connectivity index (χ3n) is 2.49. The summed E-state index contributed by atoms with van der Waals surface area (Å²) in [5.74, 6) is -0.522. The lowest BCUT2D eigenvalue weighted by molar-refractivity contribution is -0.147. The highest BCUT2D eigenvalue weighted by atomic mass is 16.5. The van der Waals surface area contributed by atoms with Gasteiger partial charge in [0.1, 0.15) is 6.10 Å². The maximum Gasteiger partial charge on any atom is 0.308 e. The molecular formula is C13H19NO4. The number of carbonyl (C=O) groups is 1. The van der Waals surface area contributed by atoms with Crippen LogP contribution in [0.1, 0.15) is 36.4 Å². The number of aromatic nitrogens is 1. The van der Waals surface area contributed by atoms with Crippen molar-refractivity contribution in [3.8, 4) is 0 Å². The van der Waals surface area contributed by atoms with Crippen LogP contribution < -0.4 is 0 Å². The minimum atomic E-state index is -1.18. The summed E-state index contributed by atoms with van der Waals surface area (Å²) in [4.78, 5) is 15.4. The van der Waals surface area contributed by atoms with Crippen LogP contribution in [0, 0.1) is 13.8 Å². The van der Waals surface area contributed by atoms with E-state index in [1.54, 1.807) is 32.9 Å². The van der Waals surface area contributed by atoms with E-state index in [0.717, 1.165) is 11.4 Å². The van der Waals surface area contributed by atoms with Crippen LogP contribution in [0.3, 0.4) is 0 Å². The molecule has 0 aromatic carbocycles. The Labute approximate surface area is 106 Å². The van der Waals surface area contributed by atoms with Gasteiger partial charge in [-0.2, -0.15) is 0 Å². The van der Waals surface area contributed by atoms with Crippen molar-refractivity contribution in [3.05, 3.63) is 29.1 Å². The van der Waals surface area contributed by atoms with Crippen LogP contribution in [0.2, 0.25) is 0 Å². The Bertz CT molecular complexity index is 399. The van der Waals surface area contributed by atoms with Gasteiger partial charge in [0, 0.05) is 11.4 Å². The summed E-state index contributed by atoms with van der Waals surface area (Å²) in [5.41, 5.74) is 2.07. The number of nitrogens with zero attached hydrogens (tertiary/aromatic N) is 1. The zero-order valence-electron chi connectivity index (χ0n) is 10.9. The Morgan fingerprint density at radius 2 is 1.89 bits per heavy atom. The molecule has 2 N–H and O–H groups in total. The predicted octanol–water partition coefficient (Wildman–Crippen LogP) is 1.05. The lowest BCUT2D eigenvalue weighted by atomic mass is 10.0. The first kappa shape index (κ1) is 14.6. The molecule has 1 aromatic heterocycles. The number of carbonyl (C=O) groups excluding carboxylic acids is 1. The first-order chi connectivity index (χ1) is 8.43. The summed E-state index contributed by atoms with van der Waals surface area (Å²) in [7, 11) is 0. The fraction of sp³-hybridized carbons (Fsp3) is 0.538.